The lowest BCUT2D eigenvalue weighted by Gasteiger charge is -2.31. The van der Waals surface area contributed by atoms with E-state index in [1.165, 1.54) is 44.1 Å². The van der Waals surface area contributed by atoms with Crippen molar-refractivity contribution in [3.05, 3.63) is 29.8 Å². The maximum Gasteiger partial charge on any atom is 0.123 e. The highest BCUT2D eigenvalue weighted by atomic mass is 16.5. The molecule has 110 valence electrons. The summed E-state index contributed by atoms with van der Waals surface area (Å²) in [6, 6.07) is 9.13. The number of fused-ring (bicyclic) bond motifs is 1. The second-order valence-corrected chi connectivity index (χ2v) is 6.37. The Hall–Kier alpha value is -1.02. The molecule has 2 atom stereocenters. The Balaban J connectivity index is 1.49. The van der Waals surface area contributed by atoms with Gasteiger partial charge < -0.3 is 10.1 Å². The standard InChI is InChI=1S/C18H27NO/c1-2-17(14-8-4-3-5-9-14)19-13-16-12-15-10-6-7-11-18(15)20-16/h6-7,10-11,14,16-17,19H,2-5,8-9,12-13H2,1H3. The monoisotopic (exact) mass is 273 g/mol. The summed E-state index contributed by atoms with van der Waals surface area (Å²) in [5, 5.41) is 3.79. The van der Waals surface area contributed by atoms with Crippen LogP contribution in [0.25, 0.3) is 0 Å². The van der Waals surface area contributed by atoms with E-state index in [0.29, 0.717) is 12.1 Å². The summed E-state index contributed by atoms with van der Waals surface area (Å²) in [4.78, 5) is 0. The number of benzene rings is 1. The number of rotatable bonds is 5. The molecule has 1 N–H and O–H groups in total. The lowest BCUT2D eigenvalue weighted by Crippen LogP contribution is -2.42. The number of hydrogen-bond donors (Lipinski definition) is 1. The highest BCUT2D eigenvalue weighted by Gasteiger charge is 2.26. The molecule has 2 unspecified atom stereocenters. The van der Waals surface area contributed by atoms with Crippen molar-refractivity contribution in [2.75, 3.05) is 6.54 Å². The van der Waals surface area contributed by atoms with Gasteiger partial charge in [0, 0.05) is 19.0 Å². The van der Waals surface area contributed by atoms with E-state index in [2.05, 4.69) is 36.5 Å². The van der Waals surface area contributed by atoms with Gasteiger partial charge in [-0.05, 0) is 36.8 Å². The van der Waals surface area contributed by atoms with Gasteiger partial charge in [0.2, 0.25) is 0 Å². The third-order valence-corrected chi connectivity index (χ3v) is 4.98. The molecule has 0 radical (unpaired) electrons. The summed E-state index contributed by atoms with van der Waals surface area (Å²) in [7, 11) is 0. The Morgan fingerprint density at radius 2 is 2.00 bits per heavy atom. The molecule has 1 aromatic rings. The lowest BCUT2D eigenvalue weighted by atomic mass is 9.83. The molecule has 1 aromatic carbocycles. The zero-order valence-electron chi connectivity index (χ0n) is 12.6. The number of hydrogen-bond acceptors (Lipinski definition) is 2. The predicted molar refractivity (Wildman–Crippen MR) is 83.2 cm³/mol. The van der Waals surface area contributed by atoms with Gasteiger partial charge in [-0.3, -0.25) is 0 Å². The van der Waals surface area contributed by atoms with Crippen LogP contribution in [-0.4, -0.2) is 18.7 Å². The Morgan fingerprint density at radius 3 is 2.75 bits per heavy atom. The Morgan fingerprint density at radius 1 is 1.20 bits per heavy atom. The van der Waals surface area contributed by atoms with E-state index in [1.54, 1.807) is 0 Å². The van der Waals surface area contributed by atoms with Crippen LogP contribution in [0, 0.1) is 5.92 Å². The van der Waals surface area contributed by atoms with Gasteiger partial charge in [0.25, 0.3) is 0 Å². The van der Waals surface area contributed by atoms with Crippen LogP contribution in [0.3, 0.4) is 0 Å². The lowest BCUT2D eigenvalue weighted by molar-refractivity contribution is 0.197. The van der Waals surface area contributed by atoms with Crippen LogP contribution in [0.2, 0.25) is 0 Å². The van der Waals surface area contributed by atoms with E-state index < -0.39 is 0 Å². The fourth-order valence-electron chi connectivity index (χ4n) is 3.83. The fraction of sp³-hybridized carbons (Fsp3) is 0.667. The van der Waals surface area contributed by atoms with E-state index in [-0.39, 0.29) is 0 Å². The fourth-order valence-corrected chi connectivity index (χ4v) is 3.83. The highest BCUT2D eigenvalue weighted by Crippen LogP contribution is 2.29. The molecular formula is C18H27NO. The van der Waals surface area contributed by atoms with Crippen molar-refractivity contribution >= 4 is 0 Å². The molecule has 2 nitrogen and oxygen atoms in total. The van der Waals surface area contributed by atoms with Crippen LogP contribution in [0.1, 0.15) is 51.0 Å². The number of para-hydroxylation sites is 1. The molecule has 2 heteroatoms. The van der Waals surface area contributed by atoms with Crippen LogP contribution in [-0.2, 0) is 6.42 Å². The molecule has 3 rings (SSSR count). The van der Waals surface area contributed by atoms with Crippen LogP contribution >= 0.6 is 0 Å². The van der Waals surface area contributed by atoms with E-state index in [9.17, 15) is 0 Å². The minimum absolute atomic E-state index is 0.324. The largest absolute Gasteiger partial charge is 0.488 e. The second kappa shape index (κ2) is 6.62. The first-order valence-electron chi connectivity index (χ1n) is 8.34. The minimum Gasteiger partial charge on any atom is -0.488 e. The van der Waals surface area contributed by atoms with Gasteiger partial charge in [0.15, 0.2) is 0 Å². The summed E-state index contributed by atoms with van der Waals surface area (Å²) in [5.41, 5.74) is 1.37. The van der Waals surface area contributed by atoms with Gasteiger partial charge >= 0.3 is 0 Å². The molecule has 0 saturated heterocycles. The molecule has 0 aromatic heterocycles. The molecule has 1 saturated carbocycles. The van der Waals surface area contributed by atoms with Gasteiger partial charge in [0.05, 0.1) is 0 Å². The summed E-state index contributed by atoms with van der Waals surface area (Å²) in [5.74, 6) is 1.97. The molecule has 1 fully saturated rings. The minimum atomic E-state index is 0.324. The van der Waals surface area contributed by atoms with Crippen LogP contribution in [0.5, 0.6) is 5.75 Å². The average molecular weight is 273 g/mol. The zero-order chi connectivity index (χ0) is 13.8. The van der Waals surface area contributed by atoms with Gasteiger partial charge in [0.1, 0.15) is 11.9 Å². The first kappa shape index (κ1) is 13.9. The molecule has 0 bridgehead atoms. The summed E-state index contributed by atoms with van der Waals surface area (Å²) in [6.07, 6.45) is 9.74. The second-order valence-electron chi connectivity index (χ2n) is 6.37. The average Bonchev–Trinajstić information content (AvgIpc) is 2.92. The van der Waals surface area contributed by atoms with Crippen molar-refractivity contribution < 1.29 is 4.74 Å². The molecule has 0 spiro atoms. The molecule has 20 heavy (non-hydrogen) atoms. The Labute approximate surface area is 122 Å². The maximum atomic E-state index is 6.03. The number of ether oxygens (including phenoxy) is 1. The van der Waals surface area contributed by atoms with Gasteiger partial charge in [-0.25, -0.2) is 0 Å². The van der Waals surface area contributed by atoms with E-state index in [4.69, 9.17) is 4.74 Å². The topological polar surface area (TPSA) is 21.3 Å². The molecule has 1 aliphatic heterocycles. The third-order valence-electron chi connectivity index (χ3n) is 4.98. The molecule has 1 heterocycles. The number of nitrogens with one attached hydrogen (secondary N) is 1. The van der Waals surface area contributed by atoms with Crippen molar-refractivity contribution in [3.63, 3.8) is 0 Å². The van der Waals surface area contributed by atoms with Crippen molar-refractivity contribution in [1.82, 2.24) is 5.32 Å². The normalized spacial score (nSPS) is 24.1. The summed E-state index contributed by atoms with van der Waals surface area (Å²) < 4.78 is 6.03. The molecule has 0 amide bonds. The van der Waals surface area contributed by atoms with Crippen molar-refractivity contribution in [2.45, 2.75) is 64.0 Å². The van der Waals surface area contributed by atoms with E-state index in [1.807, 2.05) is 0 Å². The van der Waals surface area contributed by atoms with E-state index in [0.717, 1.165) is 24.6 Å². The first-order chi connectivity index (χ1) is 9.86. The van der Waals surface area contributed by atoms with E-state index >= 15 is 0 Å². The summed E-state index contributed by atoms with van der Waals surface area (Å²) >= 11 is 0. The quantitative estimate of drug-likeness (QED) is 0.877. The van der Waals surface area contributed by atoms with Crippen molar-refractivity contribution in [3.8, 4) is 5.75 Å². The molecule has 2 aliphatic rings. The van der Waals surface area contributed by atoms with Crippen LogP contribution < -0.4 is 10.1 Å². The molecular weight excluding hydrogens is 246 g/mol. The van der Waals surface area contributed by atoms with Gasteiger partial charge in [-0.1, -0.05) is 44.4 Å². The maximum absolute atomic E-state index is 6.03. The van der Waals surface area contributed by atoms with Gasteiger partial charge in [-0.15, -0.1) is 0 Å². The van der Waals surface area contributed by atoms with Crippen LogP contribution in [0.4, 0.5) is 0 Å². The SMILES string of the molecule is CCC(NCC1Cc2ccccc2O1)C1CCCCC1. The van der Waals surface area contributed by atoms with Crippen molar-refractivity contribution in [2.24, 2.45) is 5.92 Å². The molecule has 1 aliphatic carbocycles. The Bertz CT molecular complexity index is 400. The van der Waals surface area contributed by atoms with Crippen LogP contribution in [0.15, 0.2) is 24.3 Å². The predicted octanol–water partition coefficient (Wildman–Crippen LogP) is 3.94. The summed E-state index contributed by atoms with van der Waals surface area (Å²) in [6.45, 7) is 3.31. The van der Waals surface area contributed by atoms with Gasteiger partial charge in [-0.2, -0.15) is 0 Å². The smallest absolute Gasteiger partial charge is 0.123 e. The highest BCUT2D eigenvalue weighted by molar-refractivity contribution is 5.37. The van der Waals surface area contributed by atoms with Crippen molar-refractivity contribution in [1.29, 1.82) is 0 Å². The zero-order valence-corrected chi connectivity index (χ0v) is 12.6. The first-order valence-corrected chi connectivity index (χ1v) is 8.34. The Kier molecular flexibility index (Phi) is 4.62. The third kappa shape index (κ3) is 3.17.